The van der Waals surface area contributed by atoms with Crippen molar-refractivity contribution in [1.82, 2.24) is 0 Å². The number of nitrogens with zero attached hydrogens (tertiary/aromatic N) is 3. The van der Waals surface area contributed by atoms with E-state index in [9.17, 15) is 0 Å². The van der Waals surface area contributed by atoms with Crippen molar-refractivity contribution in [3.8, 4) is 0 Å². The lowest BCUT2D eigenvalue weighted by Crippen LogP contribution is -2.54. The summed E-state index contributed by atoms with van der Waals surface area (Å²) >= 11 is 5.85. The van der Waals surface area contributed by atoms with Gasteiger partial charge in [0.15, 0.2) is 0 Å². The largest absolute Gasteiger partial charge is 0.397 e. The maximum absolute atomic E-state index is 7.57. The van der Waals surface area contributed by atoms with E-state index in [4.69, 9.17) is 28.2 Å². The molecule has 1 aliphatic rings. The highest BCUT2D eigenvalue weighted by Gasteiger charge is 2.32. The second kappa shape index (κ2) is 6.58. The molecule has 0 fully saturated rings. The monoisotopic (exact) mass is 297 g/mol. The lowest BCUT2D eigenvalue weighted by molar-refractivity contribution is 0.318. The van der Waals surface area contributed by atoms with E-state index < -0.39 is 5.66 Å². The molecular weight excluding hydrogens is 278 g/mol. The summed E-state index contributed by atoms with van der Waals surface area (Å²) in [5, 5.41) is 8.24. The van der Waals surface area contributed by atoms with Gasteiger partial charge in [0.2, 0.25) is 11.9 Å². The van der Waals surface area contributed by atoms with Crippen molar-refractivity contribution in [2.75, 3.05) is 11.5 Å². The number of hydrogen-bond acceptors (Lipinski definition) is 6. The third kappa shape index (κ3) is 3.85. The summed E-state index contributed by atoms with van der Waals surface area (Å²) in [4.78, 5) is 10.0. The molecule has 0 bridgehead atoms. The van der Waals surface area contributed by atoms with E-state index in [1.54, 1.807) is 24.0 Å². The molecule has 110 valence electrons. The van der Waals surface area contributed by atoms with Crippen molar-refractivity contribution < 1.29 is 5.11 Å². The lowest BCUT2D eigenvalue weighted by atomic mass is 10.1. The first-order valence-corrected chi connectivity index (χ1v) is 6.55. The summed E-state index contributed by atoms with van der Waals surface area (Å²) < 4.78 is 0. The molecule has 1 aromatic carbocycles. The van der Waals surface area contributed by atoms with Gasteiger partial charge in [-0.1, -0.05) is 11.6 Å². The average molecular weight is 298 g/mol. The minimum absolute atomic E-state index is 0.192. The fraction of sp³-hybridized carbons (Fsp3) is 0.385. The minimum atomic E-state index is -0.566. The molecule has 0 atom stereocenters. The van der Waals surface area contributed by atoms with Crippen LogP contribution in [0.25, 0.3) is 0 Å². The molecule has 0 radical (unpaired) electrons. The predicted molar refractivity (Wildman–Crippen MR) is 84.0 cm³/mol. The third-order valence-electron chi connectivity index (χ3n) is 2.48. The van der Waals surface area contributed by atoms with E-state index in [-0.39, 0.29) is 12.6 Å². The van der Waals surface area contributed by atoms with Gasteiger partial charge in [0, 0.05) is 17.3 Å². The van der Waals surface area contributed by atoms with Gasteiger partial charge in [-0.15, -0.1) is 0 Å². The Hall–Kier alpha value is -1.79. The van der Waals surface area contributed by atoms with E-state index in [1.165, 1.54) is 0 Å². The Morgan fingerprint density at radius 1 is 1.25 bits per heavy atom. The number of aliphatic imine (C=N–C) groups is 2. The van der Waals surface area contributed by atoms with Gasteiger partial charge in [-0.3, -0.25) is 4.90 Å². The van der Waals surface area contributed by atoms with Crippen LogP contribution in [0.5, 0.6) is 0 Å². The normalized spacial score (nSPS) is 16.8. The number of rotatable bonds is 1. The molecule has 1 heterocycles. The zero-order valence-corrected chi connectivity index (χ0v) is 12.6. The maximum atomic E-state index is 7.57. The van der Waals surface area contributed by atoms with Crippen molar-refractivity contribution >= 4 is 29.2 Å². The quantitative estimate of drug-likeness (QED) is 0.731. The minimum Gasteiger partial charge on any atom is -0.397 e. The standard InChI is InChI=1S/C11H14ClN5.C2H6O/c1-11(2)16-9(13)15-10(14)17(11)8-5-3-7(12)4-6-8;1-2-3/h3-6H,1-2H3,(H4,13,14,15,16);3H,2H2,1H3. The molecule has 0 saturated heterocycles. The van der Waals surface area contributed by atoms with Gasteiger partial charge in [-0.25, -0.2) is 4.99 Å². The van der Waals surface area contributed by atoms with Gasteiger partial charge in [-0.2, -0.15) is 4.99 Å². The second-order valence-corrected chi connectivity index (χ2v) is 5.00. The number of anilines is 1. The van der Waals surface area contributed by atoms with Crippen LogP contribution in [-0.2, 0) is 0 Å². The van der Waals surface area contributed by atoms with E-state index in [2.05, 4.69) is 9.98 Å². The van der Waals surface area contributed by atoms with Crippen LogP contribution in [0.3, 0.4) is 0 Å². The Morgan fingerprint density at radius 3 is 2.20 bits per heavy atom. The fourth-order valence-corrected chi connectivity index (χ4v) is 1.97. The summed E-state index contributed by atoms with van der Waals surface area (Å²) in [5.41, 5.74) is 11.8. The summed E-state index contributed by atoms with van der Waals surface area (Å²) in [6.07, 6.45) is 0. The number of aliphatic hydroxyl groups is 1. The molecule has 0 saturated carbocycles. The second-order valence-electron chi connectivity index (χ2n) is 4.56. The molecule has 0 spiro atoms. The Labute approximate surface area is 123 Å². The molecule has 0 amide bonds. The Morgan fingerprint density at radius 2 is 1.75 bits per heavy atom. The summed E-state index contributed by atoms with van der Waals surface area (Å²) in [6.45, 7) is 5.76. The van der Waals surface area contributed by atoms with Crippen molar-refractivity contribution in [2.24, 2.45) is 21.5 Å². The third-order valence-corrected chi connectivity index (χ3v) is 2.73. The van der Waals surface area contributed by atoms with Crippen LogP contribution in [0.2, 0.25) is 5.02 Å². The summed E-state index contributed by atoms with van der Waals surface area (Å²) in [5.74, 6) is 0.516. The highest BCUT2D eigenvalue weighted by atomic mass is 35.5. The van der Waals surface area contributed by atoms with Gasteiger partial charge < -0.3 is 16.6 Å². The molecule has 2 rings (SSSR count). The molecule has 0 aromatic heterocycles. The first-order chi connectivity index (χ1) is 9.31. The molecule has 1 aromatic rings. The highest BCUT2D eigenvalue weighted by Crippen LogP contribution is 2.28. The first-order valence-electron chi connectivity index (χ1n) is 6.18. The topological polar surface area (TPSA) is 100 Å². The van der Waals surface area contributed by atoms with E-state index in [0.717, 1.165) is 5.69 Å². The van der Waals surface area contributed by atoms with Crippen molar-refractivity contribution in [3.63, 3.8) is 0 Å². The number of nitrogens with two attached hydrogens (primary N) is 2. The van der Waals surface area contributed by atoms with Crippen LogP contribution in [0.4, 0.5) is 5.69 Å². The van der Waals surface area contributed by atoms with Crippen molar-refractivity contribution in [1.29, 1.82) is 0 Å². The Kier molecular flexibility index (Phi) is 5.35. The summed E-state index contributed by atoms with van der Waals surface area (Å²) in [7, 11) is 0. The van der Waals surface area contributed by atoms with Gasteiger partial charge in [0.05, 0.1) is 0 Å². The average Bonchev–Trinajstić information content (AvgIpc) is 2.30. The van der Waals surface area contributed by atoms with Crippen LogP contribution in [0.1, 0.15) is 20.8 Å². The molecule has 6 nitrogen and oxygen atoms in total. The van der Waals surface area contributed by atoms with Crippen LogP contribution < -0.4 is 16.4 Å². The van der Waals surface area contributed by atoms with Crippen LogP contribution in [0.15, 0.2) is 34.3 Å². The Balaban J connectivity index is 0.000000612. The summed E-state index contributed by atoms with van der Waals surface area (Å²) in [6, 6.07) is 7.32. The van der Waals surface area contributed by atoms with Crippen LogP contribution in [-0.4, -0.2) is 29.3 Å². The number of benzene rings is 1. The molecule has 1 aliphatic heterocycles. The molecule has 5 N–H and O–H groups in total. The van der Waals surface area contributed by atoms with E-state index in [1.807, 2.05) is 26.0 Å². The predicted octanol–water partition coefficient (Wildman–Crippen LogP) is 1.52. The van der Waals surface area contributed by atoms with Crippen molar-refractivity contribution in [2.45, 2.75) is 26.4 Å². The SMILES string of the molecule is CC1(C)N=C(N)N=C(N)N1c1ccc(Cl)cc1.CCO. The van der Waals surface area contributed by atoms with E-state index in [0.29, 0.717) is 11.0 Å². The molecule has 0 unspecified atom stereocenters. The number of halogens is 1. The molecule has 7 heteroatoms. The first kappa shape index (κ1) is 16.3. The molecular formula is C13H20ClN5O. The maximum Gasteiger partial charge on any atom is 0.220 e. The van der Waals surface area contributed by atoms with Gasteiger partial charge >= 0.3 is 0 Å². The smallest absolute Gasteiger partial charge is 0.220 e. The van der Waals surface area contributed by atoms with Crippen molar-refractivity contribution in [3.05, 3.63) is 29.3 Å². The van der Waals surface area contributed by atoms with Gasteiger partial charge in [-0.05, 0) is 45.0 Å². The highest BCUT2D eigenvalue weighted by molar-refractivity contribution is 6.30. The van der Waals surface area contributed by atoms with Gasteiger partial charge in [0.25, 0.3) is 0 Å². The number of hydrogen-bond donors (Lipinski definition) is 3. The molecule has 0 aliphatic carbocycles. The fourth-order valence-electron chi connectivity index (χ4n) is 1.84. The van der Waals surface area contributed by atoms with Crippen LogP contribution >= 0.6 is 11.6 Å². The zero-order valence-electron chi connectivity index (χ0n) is 11.8. The van der Waals surface area contributed by atoms with Crippen LogP contribution in [0, 0.1) is 0 Å². The lowest BCUT2D eigenvalue weighted by Gasteiger charge is -2.38. The molecule has 20 heavy (non-hydrogen) atoms. The zero-order chi connectivity index (χ0) is 15.3. The Bertz CT molecular complexity index is 510. The number of guanidine groups is 2. The van der Waals surface area contributed by atoms with E-state index >= 15 is 0 Å². The number of aliphatic hydroxyl groups excluding tert-OH is 1. The van der Waals surface area contributed by atoms with Gasteiger partial charge in [0.1, 0.15) is 5.66 Å².